The van der Waals surface area contributed by atoms with Gasteiger partial charge in [-0.1, -0.05) is 23.9 Å². The lowest BCUT2D eigenvalue weighted by atomic mass is 10.6. The van der Waals surface area contributed by atoms with Crippen molar-refractivity contribution in [3.05, 3.63) is 18.0 Å². The predicted octanol–water partition coefficient (Wildman–Crippen LogP) is 1.20. The zero-order valence-electron chi connectivity index (χ0n) is 6.86. The van der Waals surface area contributed by atoms with Crippen LogP contribution in [0.1, 0.15) is 12.8 Å². The summed E-state index contributed by atoms with van der Waals surface area (Å²) < 4.78 is 5.16. The molecule has 4 nitrogen and oxygen atoms in total. The van der Waals surface area contributed by atoms with Gasteiger partial charge >= 0.3 is 0 Å². The lowest BCUT2D eigenvalue weighted by molar-refractivity contribution is 0.415. The molecule has 0 bridgehead atoms. The Morgan fingerprint density at radius 1 is 1.58 bits per heavy atom. The predicted molar refractivity (Wildman–Crippen MR) is 47.7 cm³/mol. The summed E-state index contributed by atoms with van der Waals surface area (Å²) in [6, 6.07) is 0. The summed E-state index contributed by atoms with van der Waals surface area (Å²) in [5.74, 6) is 1.33. The molecule has 0 spiro atoms. The Kier molecular flexibility index (Phi) is 3.83. The van der Waals surface area contributed by atoms with Crippen LogP contribution < -0.4 is 5.73 Å². The first-order chi connectivity index (χ1) is 5.86. The molecule has 0 saturated carbocycles. The van der Waals surface area contributed by atoms with Crippen LogP contribution in [0.25, 0.3) is 0 Å². The first-order valence-electron chi connectivity index (χ1n) is 3.63. The fraction of sp³-hybridized carbons (Fsp3) is 0.429. The number of nitrogens with two attached hydrogens (primary N) is 1. The van der Waals surface area contributed by atoms with E-state index in [0.717, 1.165) is 5.75 Å². The molecule has 0 aliphatic carbocycles. The van der Waals surface area contributed by atoms with Crippen molar-refractivity contribution in [2.45, 2.75) is 18.7 Å². The second kappa shape index (κ2) is 4.95. The van der Waals surface area contributed by atoms with E-state index in [1.54, 1.807) is 0 Å². The summed E-state index contributed by atoms with van der Waals surface area (Å²) in [6.07, 6.45) is 4.00. The quantitative estimate of drug-likeness (QED) is 0.564. The van der Waals surface area contributed by atoms with Crippen LogP contribution in [0.2, 0.25) is 0 Å². The van der Waals surface area contributed by atoms with Gasteiger partial charge in [0.1, 0.15) is 0 Å². The molecule has 1 aromatic rings. The van der Waals surface area contributed by atoms with E-state index in [0.29, 0.717) is 17.7 Å². The van der Waals surface area contributed by atoms with Crippen molar-refractivity contribution in [1.82, 2.24) is 10.2 Å². The summed E-state index contributed by atoms with van der Waals surface area (Å²) in [5.41, 5.74) is 5.30. The van der Waals surface area contributed by atoms with Crippen molar-refractivity contribution < 1.29 is 4.42 Å². The average molecular weight is 185 g/mol. The summed E-state index contributed by atoms with van der Waals surface area (Å²) in [4.78, 5) is 0. The molecule has 0 aliphatic rings. The molecule has 66 valence electrons. The lowest BCUT2D eigenvalue weighted by Crippen LogP contribution is -1.95. The highest BCUT2D eigenvalue weighted by Gasteiger charge is 2.02. The minimum absolute atomic E-state index is 0.303. The Morgan fingerprint density at radius 2 is 2.42 bits per heavy atom. The highest BCUT2D eigenvalue weighted by Crippen LogP contribution is 2.15. The van der Waals surface area contributed by atoms with Crippen molar-refractivity contribution in [2.75, 3.05) is 5.75 Å². The minimum atomic E-state index is 0.303. The SMILES string of the molecule is C/C=C/CSc1nnc(CN)o1. The van der Waals surface area contributed by atoms with Crippen LogP contribution >= 0.6 is 11.8 Å². The van der Waals surface area contributed by atoms with E-state index >= 15 is 0 Å². The van der Waals surface area contributed by atoms with E-state index in [4.69, 9.17) is 10.2 Å². The molecule has 0 fully saturated rings. The number of hydrogen-bond acceptors (Lipinski definition) is 5. The van der Waals surface area contributed by atoms with Gasteiger partial charge in [0.25, 0.3) is 5.22 Å². The summed E-state index contributed by atoms with van der Waals surface area (Å²) >= 11 is 1.50. The van der Waals surface area contributed by atoms with Crippen LogP contribution in [0.4, 0.5) is 0 Å². The first-order valence-corrected chi connectivity index (χ1v) is 4.61. The third-order valence-corrected chi connectivity index (χ3v) is 1.93. The van der Waals surface area contributed by atoms with Crippen LogP contribution in [-0.2, 0) is 6.54 Å². The van der Waals surface area contributed by atoms with E-state index in [1.165, 1.54) is 11.8 Å². The van der Waals surface area contributed by atoms with Crippen LogP contribution in [0, 0.1) is 0 Å². The molecule has 0 unspecified atom stereocenters. The average Bonchev–Trinajstić information content (AvgIpc) is 2.53. The Labute approximate surface area is 75.2 Å². The molecule has 1 aromatic heterocycles. The van der Waals surface area contributed by atoms with Gasteiger partial charge in [0.2, 0.25) is 5.89 Å². The number of aromatic nitrogens is 2. The molecule has 2 N–H and O–H groups in total. The van der Waals surface area contributed by atoms with Gasteiger partial charge in [-0.2, -0.15) is 0 Å². The van der Waals surface area contributed by atoms with E-state index in [2.05, 4.69) is 10.2 Å². The van der Waals surface area contributed by atoms with Gasteiger partial charge in [0.05, 0.1) is 6.54 Å². The number of thioether (sulfide) groups is 1. The van der Waals surface area contributed by atoms with Gasteiger partial charge in [-0.05, 0) is 6.92 Å². The van der Waals surface area contributed by atoms with Crippen molar-refractivity contribution >= 4 is 11.8 Å². The summed E-state index contributed by atoms with van der Waals surface area (Å²) in [6.45, 7) is 2.27. The monoisotopic (exact) mass is 185 g/mol. The molecular weight excluding hydrogens is 174 g/mol. The number of rotatable bonds is 4. The maximum absolute atomic E-state index is 5.30. The second-order valence-electron chi connectivity index (χ2n) is 2.05. The van der Waals surface area contributed by atoms with Gasteiger partial charge in [0, 0.05) is 5.75 Å². The van der Waals surface area contributed by atoms with Gasteiger partial charge in [0.15, 0.2) is 0 Å². The third-order valence-electron chi connectivity index (χ3n) is 1.16. The third kappa shape index (κ3) is 2.67. The molecule has 0 aromatic carbocycles. The van der Waals surface area contributed by atoms with Crippen LogP contribution in [-0.4, -0.2) is 16.0 Å². The van der Waals surface area contributed by atoms with Crippen molar-refractivity contribution in [3.63, 3.8) is 0 Å². The highest BCUT2D eigenvalue weighted by atomic mass is 32.2. The summed E-state index contributed by atoms with van der Waals surface area (Å²) in [7, 11) is 0. The molecule has 0 radical (unpaired) electrons. The zero-order valence-corrected chi connectivity index (χ0v) is 7.67. The smallest absolute Gasteiger partial charge is 0.276 e. The first kappa shape index (κ1) is 9.28. The number of allylic oxidation sites excluding steroid dienone is 1. The Bertz CT molecular complexity index is 259. The molecule has 0 amide bonds. The van der Waals surface area contributed by atoms with Gasteiger partial charge in [-0.3, -0.25) is 0 Å². The highest BCUT2D eigenvalue weighted by molar-refractivity contribution is 7.99. The zero-order chi connectivity index (χ0) is 8.81. The fourth-order valence-electron chi connectivity index (χ4n) is 0.595. The minimum Gasteiger partial charge on any atom is -0.415 e. The molecule has 5 heteroatoms. The fourth-order valence-corrected chi connectivity index (χ4v) is 1.28. The van der Waals surface area contributed by atoms with Gasteiger partial charge in [-0.25, -0.2) is 0 Å². The Balaban J connectivity index is 2.41. The Morgan fingerprint density at radius 3 is 3.00 bits per heavy atom. The second-order valence-corrected chi connectivity index (χ2v) is 3.02. The number of nitrogens with zero attached hydrogens (tertiary/aromatic N) is 2. The maximum Gasteiger partial charge on any atom is 0.276 e. The van der Waals surface area contributed by atoms with Crippen molar-refractivity contribution in [1.29, 1.82) is 0 Å². The number of hydrogen-bond donors (Lipinski definition) is 1. The molecule has 0 saturated heterocycles. The standard InChI is InChI=1S/C7H11N3OS/c1-2-3-4-12-7-10-9-6(5-8)11-7/h2-3H,4-5,8H2,1H3/b3-2+. The molecule has 12 heavy (non-hydrogen) atoms. The van der Waals surface area contributed by atoms with Crippen LogP contribution in [0.5, 0.6) is 0 Å². The van der Waals surface area contributed by atoms with Crippen LogP contribution in [0.15, 0.2) is 21.8 Å². The van der Waals surface area contributed by atoms with Crippen LogP contribution in [0.3, 0.4) is 0 Å². The molecule has 1 rings (SSSR count). The van der Waals surface area contributed by atoms with Crippen molar-refractivity contribution in [3.8, 4) is 0 Å². The molecule has 0 aliphatic heterocycles. The molecule has 0 atom stereocenters. The van der Waals surface area contributed by atoms with E-state index in [9.17, 15) is 0 Å². The topological polar surface area (TPSA) is 64.9 Å². The lowest BCUT2D eigenvalue weighted by Gasteiger charge is -1.87. The van der Waals surface area contributed by atoms with Gasteiger partial charge < -0.3 is 10.2 Å². The normalized spacial score (nSPS) is 11.2. The largest absolute Gasteiger partial charge is 0.415 e. The van der Waals surface area contributed by atoms with Gasteiger partial charge in [-0.15, -0.1) is 10.2 Å². The van der Waals surface area contributed by atoms with E-state index in [1.807, 2.05) is 19.1 Å². The maximum atomic E-state index is 5.30. The van der Waals surface area contributed by atoms with Crippen molar-refractivity contribution in [2.24, 2.45) is 5.73 Å². The Hall–Kier alpha value is -0.810. The molecule has 1 heterocycles. The summed E-state index contributed by atoms with van der Waals surface area (Å²) in [5, 5.41) is 8.10. The van der Waals surface area contributed by atoms with E-state index < -0.39 is 0 Å². The molecular formula is C7H11N3OS. The van der Waals surface area contributed by atoms with E-state index in [-0.39, 0.29) is 0 Å².